The average Bonchev–Trinajstić information content (AvgIpc) is 2.50. The fraction of sp³-hybridized carbons (Fsp3) is 0.667. The van der Waals surface area contributed by atoms with E-state index in [1.807, 2.05) is 12.1 Å². The Balaban J connectivity index is 2.66. The van der Waals surface area contributed by atoms with Crippen LogP contribution in [0.5, 0.6) is 5.75 Å². The van der Waals surface area contributed by atoms with Crippen LogP contribution in [0, 0.1) is 5.92 Å². The summed E-state index contributed by atoms with van der Waals surface area (Å²) in [6.07, 6.45) is 2.54. The van der Waals surface area contributed by atoms with Gasteiger partial charge in [-0.25, -0.2) is 0 Å². The molecule has 0 aliphatic rings. The first-order valence-corrected chi connectivity index (χ1v) is 9.17. The highest BCUT2D eigenvalue weighted by Gasteiger charge is 2.20. The molecule has 4 heteroatoms. The molecule has 1 amide bonds. The maximum Gasteiger partial charge on any atom is 0.207 e. The van der Waals surface area contributed by atoms with Gasteiger partial charge in [-0.3, -0.25) is 4.79 Å². The molecule has 1 N–H and O–H groups in total. The Bertz CT molecular complexity index is 515. The number of carbonyl (C=O) groups is 1. The van der Waals surface area contributed by atoms with Gasteiger partial charge in [-0.05, 0) is 56.6 Å². The molecule has 0 bridgehead atoms. The molecular weight excluding hydrogens is 314 g/mol. The minimum atomic E-state index is -0.134. The molecule has 0 saturated carbocycles. The topological polar surface area (TPSA) is 47.6 Å². The van der Waals surface area contributed by atoms with Gasteiger partial charge < -0.3 is 14.8 Å². The molecule has 1 atom stereocenters. The molecule has 0 aromatic heterocycles. The van der Waals surface area contributed by atoms with Gasteiger partial charge >= 0.3 is 0 Å². The summed E-state index contributed by atoms with van der Waals surface area (Å²) >= 11 is 0. The SMILES string of the molecule is CC(C)(C)OCCC(CCNC=O)COc1ccccc1C(C)(C)C. The number of hydrogen-bond acceptors (Lipinski definition) is 3. The van der Waals surface area contributed by atoms with E-state index in [9.17, 15) is 4.79 Å². The van der Waals surface area contributed by atoms with Gasteiger partial charge in [0.2, 0.25) is 6.41 Å². The van der Waals surface area contributed by atoms with Crippen molar-refractivity contribution < 1.29 is 14.3 Å². The second-order valence-corrected chi connectivity index (χ2v) is 8.53. The fourth-order valence-electron chi connectivity index (χ4n) is 2.61. The molecule has 0 spiro atoms. The summed E-state index contributed by atoms with van der Waals surface area (Å²) < 4.78 is 12.0. The van der Waals surface area contributed by atoms with Crippen LogP contribution in [0.25, 0.3) is 0 Å². The molecule has 1 rings (SSSR count). The smallest absolute Gasteiger partial charge is 0.207 e. The van der Waals surface area contributed by atoms with Crippen molar-refractivity contribution in [1.82, 2.24) is 5.32 Å². The van der Waals surface area contributed by atoms with Crippen LogP contribution in [-0.2, 0) is 14.9 Å². The maximum atomic E-state index is 10.5. The van der Waals surface area contributed by atoms with Crippen LogP contribution in [-0.4, -0.2) is 31.8 Å². The molecule has 1 aromatic rings. The highest BCUT2D eigenvalue weighted by atomic mass is 16.5. The molecule has 1 unspecified atom stereocenters. The van der Waals surface area contributed by atoms with E-state index in [1.54, 1.807) is 0 Å². The van der Waals surface area contributed by atoms with E-state index < -0.39 is 0 Å². The summed E-state index contributed by atoms with van der Waals surface area (Å²) in [5, 5.41) is 2.74. The first kappa shape index (κ1) is 21.5. The quantitative estimate of drug-likeness (QED) is 0.505. The molecule has 0 fully saturated rings. The Labute approximate surface area is 153 Å². The van der Waals surface area contributed by atoms with Crippen LogP contribution in [0.2, 0.25) is 0 Å². The third-order valence-electron chi connectivity index (χ3n) is 4.01. The highest BCUT2D eigenvalue weighted by molar-refractivity contribution is 5.45. The lowest BCUT2D eigenvalue weighted by Gasteiger charge is -2.25. The predicted octanol–water partition coefficient (Wildman–Crippen LogP) is 4.32. The molecule has 0 heterocycles. The zero-order valence-electron chi connectivity index (χ0n) is 16.7. The summed E-state index contributed by atoms with van der Waals surface area (Å²) in [4.78, 5) is 10.5. The van der Waals surface area contributed by atoms with Crippen LogP contribution in [0.3, 0.4) is 0 Å². The van der Waals surface area contributed by atoms with E-state index in [0.717, 1.165) is 25.0 Å². The standard InChI is InChI=1S/C21H35NO3/c1-20(2,3)18-9-7-8-10-19(18)24-15-17(11-13-22-16-23)12-14-25-21(4,5)6/h7-10,16-17H,11-15H2,1-6H3,(H,22,23). The normalized spacial score (nSPS) is 13.4. The Morgan fingerprint density at radius 2 is 1.76 bits per heavy atom. The second-order valence-electron chi connectivity index (χ2n) is 8.53. The summed E-state index contributed by atoms with van der Waals surface area (Å²) in [7, 11) is 0. The van der Waals surface area contributed by atoms with Crippen LogP contribution in [0.4, 0.5) is 0 Å². The third-order valence-corrected chi connectivity index (χ3v) is 4.01. The third kappa shape index (κ3) is 8.92. The van der Waals surface area contributed by atoms with Crippen molar-refractivity contribution in [3.63, 3.8) is 0 Å². The zero-order valence-corrected chi connectivity index (χ0v) is 16.7. The maximum absolute atomic E-state index is 10.5. The molecule has 0 saturated heterocycles. The van der Waals surface area contributed by atoms with Crippen molar-refractivity contribution in [1.29, 1.82) is 0 Å². The van der Waals surface area contributed by atoms with Gasteiger partial charge in [0.25, 0.3) is 0 Å². The molecular formula is C21H35NO3. The number of hydrogen-bond donors (Lipinski definition) is 1. The molecule has 0 aliphatic carbocycles. The molecule has 0 aliphatic heterocycles. The van der Waals surface area contributed by atoms with Gasteiger partial charge in [-0.1, -0.05) is 39.0 Å². The number of carbonyl (C=O) groups excluding carboxylic acids is 1. The summed E-state index contributed by atoms with van der Waals surface area (Å²) in [6.45, 7) is 14.7. The van der Waals surface area contributed by atoms with Crippen LogP contribution < -0.4 is 10.1 Å². The van der Waals surface area contributed by atoms with Crippen molar-refractivity contribution in [2.45, 2.75) is 65.4 Å². The largest absolute Gasteiger partial charge is 0.493 e. The minimum absolute atomic E-state index is 0.0422. The number of amides is 1. The van der Waals surface area contributed by atoms with Crippen LogP contribution in [0.15, 0.2) is 24.3 Å². The predicted molar refractivity (Wildman–Crippen MR) is 103 cm³/mol. The van der Waals surface area contributed by atoms with E-state index in [0.29, 0.717) is 25.7 Å². The molecule has 4 nitrogen and oxygen atoms in total. The number of benzene rings is 1. The lowest BCUT2D eigenvalue weighted by Crippen LogP contribution is -2.25. The van der Waals surface area contributed by atoms with Crippen molar-refractivity contribution >= 4 is 6.41 Å². The Morgan fingerprint density at radius 1 is 1.08 bits per heavy atom. The van der Waals surface area contributed by atoms with Crippen LogP contribution in [0.1, 0.15) is 59.9 Å². The van der Waals surface area contributed by atoms with Gasteiger partial charge in [0.15, 0.2) is 0 Å². The van der Waals surface area contributed by atoms with Crippen molar-refractivity contribution in [3.8, 4) is 5.75 Å². The Kier molecular flexibility index (Phi) is 8.43. The highest BCUT2D eigenvalue weighted by Crippen LogP contribution is 2.31. The number of rotatable bonds is 10. The van der Waals surface area contributed by atoms with E-state index in [4.69, 9.17) is 9.47 Å². The molecule has 25 heavy (non-hydrogen) atoms. The van der Waals surface area contributed by atoms with Gasteiger partial charge in [0.05, 0.1) is 12.2 Å². The van der Waals surface area contributed by atoms with Gasteiger partial charge in [0.1, 0.15) is 5.75 Å². The number of ether oxygens (including phenoxy) is 2. The second kappa shape index (κ2) is 9.81. The summed E-state index contributed by atoms with van der Waals surface area (Å²) in [5.74, 6) is 1.28. The van der Waals surface area contributed by atoms with E-state index in [1.165, 1.54) is 5.56 Å². The molecule has 142 valence electrons. The molecule has 1 aromatic carbocycles. The van der Waals surface area contributed by atoms with E-state index in [-0.39, 0.29) is 11.0 Å². The van der Waals surface area contributed by atoms with Crippen molar-refractivity contribution in [2.24, 2.45) is 5.92 Å². The van der Waals surface area contributed by atoms with Crippen molar-refractivity contribution in [2.75, 3.05) is 19.8 Å². The van der Waals surface area contributed by atoms with E-state index in [2.05, 4.69) is 59.0 Å². The van der Waals surface area contributed by atoms with Crippen LogP contribution >= 0.6 is 0 Å². The lowest BCUT2D eigenvalue weighted by molar-refractivity contribution is -0.109. The summed E-state index contributed by atoms with van der Waals surface area (Å²) in [6, 6.07) is 8.22. The van der Waals surface area contributed by atoms with Crippen molar-refractivity contribution in [3.05, 3.63) is 29.8 Å². The van der Waals surface area contributed by atoms with Gasteiger partial charge in [-0.15, -0.1) is 0 Å². The Morgan fingerprint density at radius 3 is 2.36 bits per heavy atom. The monoisotopic (exact) mass is 349 g/mol. The zero-order chi connectivity index (χ0) is 18.9. The average molecular weight is 350 g/mol. The minimum Gasteiger partial charge on any atom is -0.493 e. The number of nitrogens with one attached hydrogen (secondary N) is 1. The van der Waals surface area contributed by atoms with Gasteiger partial charge in [0, 0.05) is 13.2 Å². The first-order valence-electron chi connectivity index (χ1n) is 9.17. The fourth-order valence-corrected chi connectivity index (χ4v) is 2.61. The Hall–Kier alpha value is -1.55. The first-order chi connectivity index (χ1) is 11.6. The lowest BCUT2D eigenvalue weighted by atomic mass is 9.86. The van der Waals surface area contributed by atoms with Gasteiger partial charge in [-0.2, -0.15) is 0 Å². The number of para-hydroxylation sites is 1. The van der Waals surface area contributed by atoms with E-state index >= 15 is 0 Å². The molecule has 0 radical (unpaired) electrons. The summed E-state index contributed by atoms with van der Waals surface area (Å²) in [5.41, 5.74) is 1.12.